The van der Waals surface area contributed by atoms with Crippen molar-refractivity contribution in [1.82, 2.24) is 0 Å². The van der Waals surface area contributed by atoms with Crippen LogP contribution in [0.15, 0.2) is 27.6 Å². The first-order chi connectivity index (χ1) is 6.32. The van der Waals surface area contributed by atoms with Crippen molar-refractivity contribution in [2.24, 2.45) is 0 Å². The first kappa shape index (κ1) is 11.5. The molecule has 0 radical (unpaired) electrons. The first-order valence-corrected chi connectivity index (χ1v) is 6.40. The molecule has 0 bridgehead atoms. The molecule has 1 N–H and O–H groups in total. The Morgan fingerprint density at radius 1 is 1.43 bits per heavy atom. The highest BCUT2D eigenvalue weighted by Crippen LogP contribution is 2.23. The van der Waals surface area contributed by atoms with Crippen molar-refractivity contribution >= 4 is 41.6 Å². The molecular weight excluding hydrogens is 295 g/mol. The number of rotatable bonds is 2. The van der Waals surface area contributed by atoms with Gasteiger partial charge in [0.15, 0.2) is 0 Å². The number of hydrogen-bond donors (Lipinski definition) is 1. The lowest BCUT2D eigenvalue weighted by molar-refractivity contribution is 0.0692. The minimum Gasteiger partial charge on any atom is -0.478 e. The second-order valence-electron chi connectivity index (χ2n) is 2.38. The molecule has 0 amide bonds. The van der Waals surface area contributed by atoms with Gasteiger partial charge in [0.1, 0.15) is 0 Å². The van der Waals surface area contributed by atoms with Gasteiger partial charge < -0.3 is 5.11 Å². The Morgan fingerprint density at radius 3 is 2.43 bits per heavy atom. The molecule has 0 aromatic heterocycles. The number of halogens is 2. The quantitative estimate of drug-likeness (QED) is 0.849. The van der Waals surface area contributed by atoms with Crippen molar-refractivity contribution < 1.29 is 18.3 Å². The molecule has 0 aliphatic carbocycles. The molecule has 0 fully saturated rings. The Bertz CT molecular complexity index is 482. The number of carboxylic acids is 1. The van der Waals surface area contributed by atoms with Gasteiger partial charge in [0.2, 0.25) is 0 Å². The summed E-state index contributed by atoms with van der Waals surface area (Å²) in [6.45, 7) is 0. The van der Waals surface area contributed by atoms with Crippen LogP contribution < -0.4 is 0 Å². The topological polar surface area (TPSA) is 71.4 Å². The molecule has 14 heavy (non-hydrogen) atoms. The standard InChI is InChI=1S/C7H4BrClO4S/c8-4-1-2-6(14(9,12)13)5(3-4)7(10)11/h1-3H,(H,10,11). The summed E-state index contributed by atoms with van der Waals surface area (Å²) in [6.07, 6.45) is 0. The maximum atomic E-state index is 11.0. The molecular formula is C7H4BrClO4S. The van der Waals surface area contributed by atoms with Crippen molar-refractivity contribution in [2.75, 3.05) is 0 Å². The lowest BCUT2D eigenvalue weighted by Gasteiger charge is -2.02. The lowest BCUT2D eigenvalue weighted by atomic mass is 10.2. The SMILES string of the molecule is O=C(O)c1cc(Br)ccc1S(=O)(=O)Cl. The monoisotopic (exact) mass is 298 g/mol. The zero-order valence-corrected chi connectivity index (χ0v) is 9.73. The highest BCUT2D eigenvalue weighted by molar-refractivity contribution is 9.10. The van der Waals surface area contributed by atoms with Gasteiger partial charge in [0.25, 0.3) is 9.05 Å². The van der Waals surface area contributed by atoms with Crippen LogP contribution in [0, 0.1) is 0 Å². The van der Waals surface area contributed by atoms with Gasteiger partial charge in [-0.2, -0.15) is 0 Å². The third-order valence-corrected chi connectivity index (χ3v) is 3.31. The van der Waals surface area contributed by atoms with Crippen LogP contribution >= 0.6 is 26.6 Å². The summed E-state index contributed by atoms with van der Waals surface area (Å²) in [5, 5.41) is 8.71. The average molecular weight is 300 g/mol. The largest absolute Gasteiger partial charge is 0.478 e. The van der Waals surface area contributed by atoms with Crippen LogP contribution in [0.25, 0.3) is 0 Å². The smallest absolute Gasteiger partial charge is 0.337 e. The van der Waals surface area contributed by atoms with E-state index in [4.69, 9.17) is 15.8 Å². The van der Waals surface area contributed by atoms with E-state index in [1.807, 2.05) is 0 Å². The molecule has 0 aliphatic heterocycles. The fourth-order valence-electron chi connectivity index (χ4n) is 0.882. The van der Waals surface area contributed by atoms with Crippen molar-refractivity contribution in [1.29, 1.82) is 0 Å². The van der Waals surface area contributed by atoms with Gasteiger partial charge in [-0.15, -0.1) is 0 Å². The molecule has 0 heterocycles. The van der Waals surface area contributed by atoms with Gasteiger partial charge in [0.05, 0.1) is 10.5 Å². The molecule has 7 heteroatoms. The van der Waals surface area contributed by atoms with Crippen LogP contribution in [0.4, 0.5) is 0 Å². The molecule has 1 aromatic carbocycles. The van der Waals surface area contributed by atoms with Gasteiger partial charge in [0, 0.05) is 15.2 Å². The highest BCUT2D eigenvalue weighted by atomic mass is 79.9. The summed E-state index contributed by atoms with van der Waals surface area (Å²) in [7, 11) is 1.03. The Kier molecular flexibility index (Phi) is 3.18. The van der Waals surface area contributed by atoms with Crippen LogP contribution in [0.3, 0.4) is 0 Å². The fraction of sp³-hybridized carbons (Fsp3) is 0. The normalized spacial score (nSPS) is 11.3. The minimum atomic E-state index is -4.02. The molecule has 0 unspecified atom stereocenters. The molecule has 1 rings (SSSR count). The van der Waals surface area contributed by atoms with E-state index in [0.29, 0.717) is 4.47 Å². The second kappa shape index (κ2) is 3.88. The van der Waals surface area contributed by atoms with Crippen LogP contribution in [0.5, 0.6) is 0 Å². The first-order valence-electron chi connectivity index (χ1n) is 3.30. The van der Waals surface area contributed by atoms with Gasteiger partial charge in [-0.1, -0.05) is 15.9 Å². The van der Waals surface area contributed by atoms with Crippen LogP contribution in [0.2, 0.25) is 0 Å². The summed E-state index contributed by atoms with van der Waals surface area (Å²) >= 11 is 3.03. The summed E-state index contributed by atoms with van der Waals surface area (Å²) in [5.41, 5.74) is -0.352. The molecule has 0 atom stereocenters. The fourth-order valence-corrected chi connectivity index (χ4v) is 2.29. The minimum absolute atomic E-state index is 0.352. The van der Waals surface area contributed by atoms with E-state index in [2.05, 4.69) is 15.9 Å². The van der Waals surface area contributed by atoms with Gasteiger partial charge in [-0.3, -0.25) is 0 Å². The van der Waals surface area contributed by atoms with E-state index in [-0.39, 0.29) is 5.56 Å². The van der Waals surface area contributed by atoms with Crippen molar-refractivity contribution in [3.05, 3.63) is 28.2 Å². The Hall–Kier alpha value is -0.590. The number of aromatic carboxylic acids is 1. The van der Waals surface area contributed by atoms with Gasteiger partial charge in [-0.25, -0.2) is 13.2 Å². The maximum absolute atomic E-state index is 11.0. The predicted molar refractivity (Wildman–Crippen MR) is 54.1 cm³/mol. The summed E-state index contributed by atoms with van der Waals surface area (Å²) in [5.74, 6) is -1.34. The Balaban J connectivity index is 3.53. The molecule has 0 spiro atoms. The summed E-state index contributed by atoms with van der Waals surface area (Å²) < 4.78 is 22.4. The van der Waals surface area contributed by atoms with E-state index in [0.717, 1.165) is 6.07 Å². The van der Waals surface area contributed by atoms with Crippen molar-refractivity contribution in [2.45, 2.75) is 4.90 Å². The van der Waals surface area contributed by atoms with Gasteiger partial charge >= 0.3 is 5.97 Å². The third kappa shape index (κ3) is 2.46. The Morgan fingerprint density at radius 2 is 2.00 bits per heavy atom. The van der Waals surface area contributed by atoms with E-state index < -0.39 is 19.9 Å². The number of benzene rings is 1. The summed E-state index contributed by atoms with van der Waals surface area (Å²) in [6, 6.07) is 3.72. The van der Waals surface area contributed by atoms with E-state index in [9.17, 15) is 13.2 Å². The van der Waals surface area contributed by atoms with Crippen molar-refractivity contribution in [3.63, 3.8) is 0 Å². The molecule has 4 nitrogen and oxygen atoms in total. The van der Waals surface area contributed by atoms with Crippen LogP contribution in [-0.4, -0.2) is 19.5 Å². The molecule has 1 aromatic rings. The highest BCUT2D eigenvalue weighted by Gasteiger charge is 2.20. The third-order valence-electron chi connectivity index (χ3n) is 1.43. The zero-order chi connectivity index (χ0) is 10.9. The predicted octanol–water partition coefficient (Wildman–Crippen LogP) is 2.07. The van der Waals surface area contributed by atoms with Crippen LogP contribution in [-0.2, 0) is 9.05 Å². The van der Waals surface area contributed by atoms with E-state index >= 15 is 0 Å². The lowest BCUT2D eigenvalue weighted by Crippen LogP contribution is -2.04. The molecule has 0 saturated heterocycles. The van der Waals surface area contributed by atoms with E-state index in [1.54, 1.807) is 0 Å². The molecule has 76 valence electrons. The average Bonchev–Trinajstić information content (AvgIpc) is 2.01. The number of carboxylic acid groups (broad SMARTS) is 1. The van der Waals surface area contributed by atoms with Crippen LogP contribution in [0.1, 0.15) is 10.4 Å². The van der Waals surface area contributed by atoms with Crippen molar-refractivity contribution in [3.8, 4) is 0 Å². The molecule has 0 saturated carbocycles. The molecule has 0 aliphatic rings. The van der Waals surface area contributed by atoms with E-state index in [1.165, 1.54) is 12.1 Å². The maximum Gasteiger partial charge on any atom is 0.337 e. The zero-order valence-electron chi connectivity index (χ0n) is 6.57. The van der Waals surface area contributed by atoms with Gasteiger partial charge in [-0.05, 0) is 18.2 Å². The summed E-state index contributed by atoms with van der Waals surface area (Å²) in [4.78, 5) is 10.3. The number of carbonyl (C=O) groups is 1. The number of hydrogen-bond acceptors (Lipinski definition) is 3. The Labute approximate surface area is 93.1 Å². The second-order valence-corrected chi connectivity index (χ2v) is 5.83.